The van der Waals surface area contributed by atoms with Gasteiger partial charge in [-0.25, -0.2) is 0 Å². The molecule has 2 heteroatoms. The number of nitrogens with zero attached hydrogens (tertiary/aromatic N) is 1. The van der Waals surface area contributed by atoms with Crippen LogP contribution in [0.2, 0.25) is 0 Å². The van der Waals surface area contributed by atoms with Crippen LogP contribution in [0.3, 0.4) is 0 Å². The van der Waals surface area contributed by atoms with Gasteiger partial charge in [0.1, 0.15) is 0 Å². The van der Waals surface area contributed by atoms with E-state index in [1.807, 2.05) is 7.05 Å². The van der Waals surface area contributed by atoms with Crippen LogP contribution in [-0.4, -0.2) is 38.1 Å². The van der Waals surface area contributed by atoms with Gasteiger partial charge in [0.25, 0.3) is 0 Å². The van der Waals surface area contributed by atoms with E-state index >= 15 is 0 Å². The SMILES string of the molecule is CCN1CC(CC)(CNC)C1. The van der Waals surface area contributed by atoms with E-state index in [0.717, 1.165) is 0 Å². The van der Waals surface area contributed by atoms with Crippen LogP contribution in [0, 0.1) is 5.41 Å². The van der Waals surface area contributed by atoms with Crippen molar-refractivity contribution in [1.82, 2.24) is 10.2 Å². The predicted octanol–water partition coefficient (Wildman–Crippen LogP) is 0.938. The van der Waals surface area contributed by atoms with Crippen molar-refractivity contribution in [2.75, 3.05) is 33.2 Å². The Balaban J connectivity index is 2.30. The molecule has 1 heterocycles. The molecular weight excluding hydrogens is 136 g/mol. The van der Waals surface area contributed by atoms with Crippen LogP contribution in [0.1, 0.15) is 20.3 Å². The normalized spacial score (nSPS) is 23.2. The topological polar surface area (TPSA) is 15.3 Å². The van der Waals surface area contributed by atoms with Gasteiger partial charge >= 0.3 is 0 Å². The lowest BCUT2D eigenvalue weighted by atomic mass is 9.77. The molecule has 0 aromatic carbocycles. The molecule has 2 nitrogen and oxygen atoms in total. The Bertz CT molecular complexity index is 117. The molecule has 0 spiro atoms. The van der Waals surface area contributed by atoms with Gasteiger partial charge in [0, 0.05) is 25.0 Å². The highest BCUT2D eigenvalue weighted by Gasteiger charge is 2.39. The molecule has 0 radical (unpaired) electrons. The first kappa shape index (κ1) is 9.01. The van der Waals surface area contributed by atoms with E-state index in [0.29, 0.717) is 5.41 Å². The summed E-state index contributed by atoms with van der Waals surface area (Å²) in [6, 6.07) is 0. The Morgan fingerprint density at radius 3 is 2.36 bits per heavy atom. The molecule has 0 aromatic rings. The van der Waals surface area contributed by atoms with E-state index in [-0.39, 0.29) is 0 Å². The van der Waals surface area contributed by atoms with Crippen molar-refractivity contribution < 1.29 is 0 Å². The second-order valence-electron chi connectivity index (χ2n) is 3.69. The Kier molecular flexibility index (Phi) is 2.90. The highest BCUT2D eigenvalue weighted by Crippen LogP contribution is 2.32. The number of rotatable bonds is 4. The van der Waals surface area contributed by atoms with Crippen LogP contribution < -0.4 is 5.32 Å². The fourth-order valence-corrected chi connectivity index (χ4v) is 1.96. The van der Waals surface area contributed by atoms with Gasteiger partial charge < -0.3 is 10.2 Å². The Hall–Kier alpha value is -0.0800. The van der Waals surface area contributed by atoms with Crippen molar-refractivity contribution in [3.63, 3.8) is 0 Å². The molecule has 11 heavy (non-hydrogen) atoms. The first-order chi connectivity index (χ1) is 5.26. The van der Waals surface area contributed by atoms with Gasteiger partial charge in [-0.1, -0.05) is 13.8 Å². The number of hydrogen-bond acceptors (Lipinski definition) is 2. The van der Waals surface area contributed by atoms with Crippen LogP contribution in [0.25, 0.3) is 0 Å². The van der Waals surface area contributed by atoms with Crippen LogP contribution in [-0.2, 0) is 0 Å². The standard InChI is InChI=1S/C9H20N2/c1-4-9(6-10-3)7-11(5-2)8-9/h10H,4-8H2,1-3H3. The van der Waals surface area contributed by atoms with Gasteiger partial charge in [-0.3, -0.25) is 0 Å². The van der Waals surface area contributed by atoms with E-state index in [1.54, 1.807) is 0 Å². The third-order valence-corrected chi connectivity index (χ3v) is 2.87. The summed E-state index contributed by atoms with van der Waals surface area (Å²) >= 11 is 0. The van der Waals surface area contributed by atoms with Crippen LogP contribution in [0.5, 0.6) is 0 Å². The number of nitrogens with one attached hydrogen (secondary N) is 1. The van der Waals surface area contributed by atoms with Gasteiger partial charge in [0.2, 0.25) is 0 Å². The molecule has 1 rings (SSSR count). The van der Waals surface area contributed by atoms with Crippen LogP contribution in [0.4, 0.5) is 0 Å². The fraction of sp³-hybridized carbons (Fsp3) is 1.00. The van der Waals surface area contributed by atoms with Crippen molar-refractivity contribution in [1.29, 1.82) is 0 Å². The third-order valence-electron chi connectivity index (χ3n) is 2.87. The molecule has 0 bridgehead atoms. The summed E-state index contributed by atoms with van der Waals surface area (Å²) in [6.07, 6.45) is 1.31. The zero-order valence-electron chi connectivity index (χ0n) is 7.98. The maximum Gasteiger partial charge on any atom is 0.00795 e. The molecule has 1 saturated heterocycles. The van der Waals surface area contributed by atoms with Gasteiger partial charge in [-0.2, -0.15) is 0 Å². The number of likely N-dealkylation sites (tertiary alicyclic amines) is 1. The average molecular weight is 156 g/mol. The Morgan fingerprint density at radius 2 is 2.00 bits per heavy atom. The van der Waals surface area contributed by atoms with Gasteiger partial charge in [0.05, 0.1) is 0 Å². The van der Waals surface area contributed by atoms with Crippen molar-refractivity contribution in [3.8, 4) is 0 Å². The smallest absolute Gasteiger partial charge is 0.00795 e. The largest absolute Gasteiger partial charge is 0.319 e. The Morgan fingerprint density at radius 1 is 1.36 bits per heavy atom. The first-order valence-corrected chi connectivity index (χ1v) is 4.63. The van der Waals surface area contributed by atoms with Crippen molar-refractivity contribution in [3.05, 3.63) is 0 Å². The maximum absolute atomic E-state index is 3.28. The van der Waals surface area contributed by atoms with Gasteiger partial charge in [-0.05, 0) is 20.0 Å². The summed E-state index contributed by atoms with van der Waals surface area (Å²) in [7, 11) is 2.05. The summed E-state index contributed by atoms with van der Waals surface area (Å²) in [6.45, 7) is 9.51. The molecule has 0 atom stereocenters. The summed E-state index contributed by atoms with van der Waals surface area (Å²) < 4.78 is 0. The summed E-state index contributed by atoms with van der Waals surface area (Å²) in [5.41, 5.74) is 0.602. The third kappa shape index (κ3) is 1.74. The minimum Gasteiger partial charge on any atom is -0.319 e. The number of hydrogen-bond donors (Lipinski definition) is 1. The molecule has 0 aromatic heterocycles. The zero-order chi connectivity index (χ0) is 8.32. The molecule has 1 aliphatic heterocycles. The summed E-state index contributed by atoms with van der Waals surface area (Å²) in [4.78, 5) is 2.50. The molecule has 66 valence electrons. The van der Waals surface area contributed by atoms with Crippen LogP contribution >= 0.6 is 0 Å². The quantitative estimate of drug-likeness (QED) is 0.651. The molecule has 0 amide bonds. The lowest BCUT2D eigenvalue weighted by Crippen LogP contribution is -2.59. The zero-order valence-corrected chi connectivity index (χ0v) is 7.98. The molecule has 0 unspecified atom stereocenters. The second kappa shape index (κ2) is 3.55. The molecule has 0 aliphatic carbocycles. The molecular formula is C9H20N2. The maximum atomic E-state index is 3.28. The van der Waals surface area contributed by atoms with E-state index in [2.05, 4.69) is 24.1 Å². The highest BCUT2D eigenvalue weighted by molar-refractivity contribution is 4.94. The van der Waals surface area contributed by atoms with Crippen molar-refractivity contribution >= 4 is 0 Å². The van der Waals surface area contributed by atoms with E-state index < -0.39 is 0 Å². The molecule has 0 saturated carbocycles. The van der Waals surface area contributed by atoms with Crippen molar-refractivity contribution in [2.24, 2.45) is 5.41 Å². The minimum atomic E-state index is 0.602. The lowest BCUT2D eigenvalue weighted by molar-refractivity contribution is 0.00368. The first-order valence-electron chi connectivity index (χ1n) is 4.63. The summed E-state index contributed by atoms with van der Waals surface area (Å²) in [5, 5.41) is 3.28. The second-order valence-corrected chi connectivity index (χ2v) is 3.69. The highest BCUT2D eigenvalue weighted by atomic mass is 15.2. The predicted molar refractivity (Wildman–Crippen MR) is 48.8 cm³/mol. The minimum absolute atomic E-state index is 0.602. The van der Waals surface area contributed by atoms with Gasteiger partial charge in [-0.15, -0.1) is 0 Å². The van der Waals surface area contributed by atoms with E-state index in [1.165, 1.54) is 32.6 Å². The molecule has 1 fully saturated rings. The molecule has 1 N–H and O–H groups in total. The summed E-state index contributed by atoms with van der Waals surface area (Å²) in [5.74, 6) is 0. The van der Waals surface area contributed by atoms with E-state index in [4.69, 9.17) is 0 Å². The van der Waals surface area contributed by atoms with Crippen LogP contribution in [0.15, 0.2) is 0 Å². The van der Waals surface area contributed by atoms with Crippen molar-refractivity contribution in [2.45, 2.75) is 20.3 Å². The van der Waals surface area contributed by atoms with E-state index in [9.17, 15) is 0 Å². The monoisotopic (exact) mass is 156 g/mol. The lowest BCUT2D eigenvalue weighted by Gasteiger charge is -2.49. The molecule has 1 aliphatic rings. The average Bonchev–Trinajstić information content (AvgIpc) is 1.96. The Labute approximate surface area is 70.0 Å². The fourth-order valence-electron chi connectivity index (χ4n) is 1.96. The van der Waals surface area contributed by atoms with Gasteiger partial charge in [0.15, 0.2) is 0 Å².